The van der Waals surface area contributed by atoms with Crippen LogP contribution in [0.1, 0.15) is 43.8 Å². The number of carbonyl (C=O) groups excluding carboxylic acids is 1. The number of hydrogen-bond donors (Lipinski definition) is 1. The zero-order valence-electron chi connectivity index (χ0n) is 14.2. The summed E-state index contributed by atoms with van der Waals surface area (Å²) in [7, 11) is 0. The van der Waals surface area contributed by atoms with Crippen molar-refractivity contribution in [2.45, 2.75) is 38.2 Å². The Labute approximate surface area is 151 Å². The summed E-state index contributed by atoms with van der Waals surface area (Å²) in [5, 5.41) is 0. The fourth-order valence-electron chi connectivity index (χ4n) is 3.98. The minimum atomic E-state index is -0.0904. The number of benzene rings is 1. The van der Waals surface area contributed by atoms with E-state index in [-0.39, 0.29) is 30.3 Å². The van der Waals surface area contributed by atoms with Gasteiger partial charge in [-0.25, -0.2) is 0 Å². The predicted octanol–water partition coefficient (Wildman–Crippen LogP) is 3.16. The van der Waals surface area contributed by atoms with E-state index in [2.05, 4.69) is 17.0 Å². The molecule has 2 aliphatic rings. The van der Waals surface area contributed by atoms with E-state index in [0.29, 0.717) is 12.5 Å². The van der Waals surface area contributed by atoms with E-state index in [9.17, 15) is 4.79 Å². The van der Waals surface area contributed by atoms with Crippen LogP contribution in [0.2, 0.25) is 0 Å². The predicted molar refractivity (Wildman–Crippen MR) is 98.1 cm³/mol. The number of ether oxygens (including phenoxy) is 1. The maximum atomic E-state index is 13.1. The molecule has 0 aromatic heterocycles. The third kappa shape index (κ3) is 4.50. The molecule has 0 aliphatic carbocycles. The molecular formula is C19H29ClN2O2. The van der Waals surface area contributed by atoms with E-state index in [4.69, 9.17) is 10.5 Å². The van der Waals surface area contributed by atoms with Gasteiger partial charge in [-0.2, -0.15) is 0 Å². The Bertz CT molecular complexity index is 509. The molecule has 0 spiro atoms. The first kappa shape index (κ1) is 19.2. The molecule has 1 amide bonds. The summed E-state index contributed by atoms with van der Waals surface area (Å²) in [6, 6.07) is 10.2. The molecule has 3 atom stereocenters. The van der Waals surface area contributed by atoms with Gasteiger partial charge >= 0.3 is 0 Å². The maximum absolute atomic E-state index is 13.1. The first-order valence-corrected chi connectivity index (χ1v) is 8.95. The number of hydrogen-bond acceptors (Lipinski definition) is 3. The highest BCUT2D eigenvalue weighted by Crippen LogP contribution is 2.35. The molecule has 2 N–H and O–H groups in total. The Morgan fingerprint density at radius 3 is 2.75 bits per heavy atom. The molecular weight excluding hydrogens is 324 g/mol. The summed E-state index contributed by atoms with van der Waals surface area (Å²) in [6.45, 7) is 3.22. The quantitative estimate of drug-likeness (QED) is 0.905. The van der Waals surface area contributed by atoms with E-state index in [1.165, 1.54) is 6.42 Å². The molecule has 2 fully saturated rings. The third-order valence-corrected chi connectivity index (χ3v) is 5.17. The first-order chi connectivity index (χ1) is 11.3. The second-order valence-electron chi connectivity index (χ2n) is 6.82. The van der Waals surface area contributed by atoms with Crippen LogP contribution in [-0.2, 0) is 9.53 Å². The van der Waals surface area contributed by atoms with Gasteiger partial charge in [-0.15, -0.1) is 12.4 Å². The molecule has 3 unspecified atom stereocenters. The van der Waals surface area contributed by atoms with Crippen LogP contribution in [0.3, 0.4) is 0 Å². The highest BCUT2D eigenvalue weighted by molar-refractivity contribution is 5.85. The molecule has 0 bridgehead atoms. The lowest BCUT2D eigenvalue weighted by atomic mass is 9.87. The van der Waals surface area contributed by atoms with Crippen LogP contribution in [0, 0.1) is 11.8 Å². The van der Waals surface area contributed by atoms with E-state index in [1.807, 2.05) is 18.2 Å². The van der Waals surface area contributed by atoms with Crippen molar-refractivity contribution in [3.8, 4) is 0 Å². The molecule has 1 aromatic carbocycles. The topological polar surface area (TPSA) is 55.6 Å². The Kier molecular flexibility index (Phi) is 7.53. The third-order valence-electron chi connectivity index (χ3n) is 5.17. The number of halogens is 1. The number of nitrogens with two attached hydrogens (primary N) is 1. The van der Waals surface area contributed by atoms with Crippen molar-refractivity contribution in [3.63, 3.8) is 0 Å². The second-order valence-corrected chi connectivity index (χ2v) is 6.82. The average molecular weight is 353 g/mol. The van der Waals surface area contributed by atoms with Crippen LogP contribution >= 0.6 is 12.4 Å². The smallest absolute Gasteiger partial charge is 0.228 e. The standard InChI is InChI=1S/C19H28N2O2.ClH/c20-11-10-15-6-4-12-21(14-15)19(22)17-9-5-13-23-18(17)16-7-2-1-3-8-16;/h1-3,7-8,15,17-18H,4-6,9-14,20H2;1H. The van der Waals surface area contributed by atoms with Crippen LogP contribution in [0.4, 0.5) is 0 Å². The van der Waals surface area contributed by atoms with Crippen LogP contribution in [0.25, 0.3) is 0 Å². The Balaban J connectivity index is 0.00000208. The van der Waals surface area contributed by atoms with Crippen molar-refractivity contribution < 1.29 is 9.53 Å². The number of piperidine rings is 1. The van der Waals surface area contributed by atoms with Crippen molar-refractivity contribution in [1.29, 1.82) is 0 Å². The zero-order valence-corrected chi connectivity index (χ0v) is 15.0. The van der Waals surface area contributed by atoms with Crippen LogP contribution in [0.15, 0.2) is 30.3 Å². The Morgan fingerprint density at radius 2 is 2.00 bits per heavy atom. The molecule has 0 saturated carbocycles. The Morgan fingerprint density at radius 1 is 1.21 bits per heavy atom. The lowest BCUT2D eigenvalue weighted by Gasteiger charge is -2.38. The van der Waals surface area contributed by atoms with E-state index in [1.54, 1.807) is 0 Å². The molecule has 1 aromatic rings. The average Bonchev–Trinajstić information content (AvgIpc) is 2.62. The van der Waals surface area contributed by atoms with Gasteiger partial charge in [-0.05, 0) is 50.1 Å². The van der Waals surface area contributed by atoms with Crippen molar-refractivity contribution in [1.82, 2.24) is 4.90 Å². The SMILES string of the molecule is Cl.NCCC1CCCN(C(=O)C2CCCOC2c2ccccc2)C1. The Hall–Kier alpha value is -1.10. The van der Waals surface area contributed by atoms with Crippen molar-refractivity contribution in [2.24, 2.45) is 17.6 Å². The summed E-state index contributed by atoms with van der Waals surface area (Å²) < 4.78 is 6.00. The highest BCUT2D eigenvalue weighted by Gasteiger charge is 2.36. The highest BCUT2D eigenvalue weighted by atomic mass is 35.5. The van der Waals surface area contributed by atoms with Gasteiger partial charge in [0.05, 0.1) is 12.0 Å². The summed E-state index contributed by atoms with van der Waals surface area (Å²) in [5.74, 6) is 0.806. The van der Waals surface area contributed by atoms with Gasteiger partial charge in [-0.3, -0.25) is 4.79 Å². The van der Waals surface area contributed by atoms with Gasteiger partial charge in [0, 0.05) is 19.7 Å². The van der Waals surface area contributed by atoms with Gasteiger partial charge in [0.15, 0.2) is 0 Å². The lowest BCUT2D eigenvalue weighted by Crippen LogP contribution is -2.45. The van der Waals surface area contributed by atoms with E-state index in [0.717, 1.165) is 50.9 Å². The molecule has 24 heavy (non-hydrogen) atoms. The largest absolute Gasteiger partial charge is 0.373 e. The van der Waals surface area contributed by atoms with Crippen LogP contribution in [-0.4, -0.2) is 37.0 Å². The molecule has 4 nitrogen and oxygen atoms in total. The molecule has 3 rings (SSSR count). The number of nitrogens with zero attached hydrogens (tertiary/aromatic N) is 1. The molecule has 134 valence electrons. The van der Waals surface area contributed by atoms with Crippen molar-refractivity contribution >= 4 is 18.3 Å². The van der Waals surface area contributed by atoms with E-state index >= 15 is 0 Å². The fraction of sp³-hybridized carbons (Fsp3) is 0.632. The van der Waals surface area contributed by atoms with Crippen molar-refractivity contribution in [3.05, 3.63) is 35.9 Å². The lowest BCUT2D eigenvalue weighted by molar-refractivity contribution is -0.147. The summed E-state index contributed by atoms with van der Waals surface area (Å²) >= 11 is 0. The maximum Gasteiger partial charge on any atom is 0.228 e. The van der Waals surface area contributed by atoms with E-state index < -0.39 is 0 Å². The zero-order chi connectivity index (χ0) is 16.1. The number of amides is 1. The minimum absolute atomic E-state index is 0. The van der Waals surface area contributed by atoms with Gasteiger partial charge in [0.1, 0.15) is 0 Å². The van der Waals surface area contributed by atoms with Crippen LogP contribution < -0.4 is 5.73 Å². The van der Waals surface area contributed by atoms with Gasteiger partial charge in [-0.1, -0.05) is 30.3 Å². The molecule has 2 aliphatic heterocycles. The molecule has 0 radical (unpaired) electrons. The normalized spacial score (nSPS) is 27.4. The molecule has 5 heteroatoms. The van der Waals surface area contributed by atoms with Crippen LogP contribution in [0.5, 0.6) is 0 Å². The first-order valence-electron chi connectivity index (χ1n) is 8.95. The van der Waals surface area contributed by atoms with Gasteiger partial charge in [0.2, 0.25) is 5.91 Å². The summed E-state index contributed by atoms with van der Waals surface area (Å²) in [6.07, 6.45) is 5.13. The minimum Gasteiger partial charge on any atom is -0.373 e. The van der Waals surface area contributed by atoms with Gasteiger partial charge in [0.25, 0.3) is 0 Å². The molecule has 2 saturated heterocycles. The monoisotopic (exact) mass is 352 g/mol. The molecule has 2 heterocycles. The van der Waals surface area contributed by atoms with Crippen molar-refractivity contribution in [2.75, 3.05) is 26.2 Å². The number of carbonyl (C=O) groups is 1. The fourth-order valence-corrected chi connectivity index (χ4v) is 3.98. The number of likely N-dealkylation sites (tertiary alicyclic amines) is 1. The summed E-state index contributed by atoms with van der Waals surface area (Å²) in [4.78, 5) is 15.2. The number of rotatable bonds is 4. The second kappa shape index (κ2) is 9.40. The summed E-state index contributed by atoms with van der Waals surface area (Å²) in [5.41, 5.74) is 6.82. The van der Waals surface area contributed by atoms with Gasteiger partial charge < -0.3 is 15.4 Å².